The average molecular weight is 273 g/mol. The number of carbonyl (C=O) groups is 1. The van der Waals surface area contributed by atoms with Gasteiger partial charge in [-0.25, -0.2) is 0 Å². The normalized spacial score (nSPS) is 18.2. The smallest absolute Gasteiger partial charge is 0.146 e. The molecule has 0 atom stereocenters. The van der Waals surface area contributed by atoms with Gasteiger partial charge in [0.15, 0.2) is 0 Å². The zero-order chi connectivity index (χ0) is 14.6. The number of nitrogens with one attached hydrogen (secondary N) is 1. The van der Waals surface area contributed by atoms with E-state index in [-0.39, 0.29) is 11.3 Å². The number of benzene rings is 1. The first-order valence-corrected chi connectivity index (χ1v) is 7.97. The SMILES string of the molecule is CCC(CC)C(=O)C1(c2ccccc2C)CCNCC1. The Morgan fingerprint density at radius 3 is 2.35 bits per heavy atom. The molecule has 1 aromatic carbocycles. The maximum Gasteiger partial charge on any atom is 0.146 e. The molecule has 1 fully saturated rings. The molecule has 1 heterocycles. The van der Waals surface area contributed by atoms with Crippen LogP contribution in [0, 0.1) is 12.8 Å². The third-order valence-corrected chi connectivity index (χ3v) is 4.95. The highest BCUT2D eigenvalue weighted by Gasteiger charge is 2.43. The topological polar surface area (TPSA) is 29.1 Å². The van der Waals surface area contributed by atoms with Crippen LogP contribution in [0.4, 0.5) is 0 Å². The van der Waals surface area contributed by atoms with Crippen LogP contribution in [0.15, 0.2) is 24.3 Å². The van der Waals surface area contributed by atoms with E-state index in [1.165, 1.54) is 11.1 Å². The van der Waals surface area contributed by atoms with Crippen LogP contribution in [-0.4, -0.2) is 18.9 Å². The minimum absolute atomic E-state index is 0.202. The average Bonchev–Trinajstić information content (AvgIpc) is 2.49. The van der Waals surface area contributed by atoms with Crippen molar-refractivity contribution in [2.24, 2.45) is 5.92 Å². The molecule has 110 valence electrons. The molecule has 1 N–H and O–H groups in total. The molecule has 2 rings (SSSR count). The molecule has 0 aromatic heterocycles. The molecule has 20 heavy (non-hydrogen) atoms. The van der Waals surface area contributed by atoms with Crippen molar-refractivity contribution in [3.63, 3.8) is 0 Å². The summed E-state index contributed by atoms with van der Waals surface area (Å²) in [6.07, 6.45) is 3.78. The van der Waals surface area contributed by atoms with Crippen molar-refractivity contribution in [1.29, 1.82) is 0 Å². The number of piperidine rings is 1. The van der Waals surface area contributed by atoms with Gasteiger partial charge in [0.1, 0.15) is 5.78 Å². The van der Waals surface area contributed by atoms with E-state index in [2.05, 4.69) is 50.4 Å². The zero-order valence-corrected chi connectivity index (χ0v) is 13.0. The van der Waals surface area contributed by atoms with Crippen molar-refractivity contribution in [2.45, 2.75) is 51.9 Å². The van der Waals surface area contributed by atoms with Crippen molar-refractivity contribution in [2.75, 3.05) is 13.1 Å². The fourth-order valence-electron chi connectivity index (χ4n) is 3.66. The molecular formula is C18H27NO. The van der Waals surface area contributed by atoms with Crippen LogP contribution >= 0.6 is 0 Å². The number of Topliss-reactive ketones (excluding diaryl/α,β-unsaturated/α-hetero) is 1. The van der Waals surface area contributed by atoms with Gasteiger partial charge in [0, 0.05) is 5.92 Å². The Kier molecular flexibility index (Phi) is 4.98. The molecule has 2 nitrogen and oxygen atoms in total. The monoisotopic (exact) mass is 273 g/mol. The van der Waals surface area contributed by atoms with E-state index >= 15 is 0 Å². The lowest BCUT2D eigenvalue weighted by atomic mass is 9.65. The van der Waals surface area contributed by atoms with E-state index in [0.29, 0.717) is 5.78 Å². The second-order valence-electron chi connectivity index (χ2n) is 6.02. The van der Waals surface area contributed by atoms with Gasteiger partial charge in [-0.15, -0.1) is 0 Å². The van der Waals surface area contributed by atoms with Gasteiger partial charge in [-0.2, -0.15) is 0 Å². The van der Waals surface area contributed by atoms with Crippen molar-refractivity contribution in [3.05, 3.63) is 35.4 Å². The highest BCUT2D eigenvalue weighted by Crippen LogP contribution is 2.39. The summed E-state index contributed by atoms with van der Waals surface area (Å²) in [5.74, 6) is 0.672. The number of carbonyl (C=O) groups excluding carboxylic acids is 1. The predicted octanol–water partition coefficient (Wildman–Crippen LogP) is 3.62. The summed E-state index contributed by atoms with van der Waals surface area (Å²) in [6.45, 7) is 8.30. The van der Waals surface area contributed by atoms with E-state index in [1.807, 2.05) is 0 Å². The third kappa shape index (κ3) is 2.67. The molecule has 0 unspecified atom stereocenters. The highest BCUT2D eigenvalue weighted by atomic mass is 16.1. The fourth-order valence-corrected chi connectivity index (χ4v) is 3.66. The maximum atomic E-state index is 13.2. The Morgan fingerprint density at radius 1 is 1.20 bits per heavy atom. The molecule has 1 aromatic rings. The number of ketones is 1. The van der Waals surface area contributed by atoms with Crippen molar-refractivity contribution >= 4 is 5.78 Å². The van der Waals surface area contributed by atoms with Crippen LogP contribution in [-0.2, 0) is 10.2 Å². The van der Waals surface area contributed by atoms with Crippen LogP contribution in [0.1, 0.15) is 50.7 Å². The summed E-state index contributed by atoms with van der Waals surface area (Å²) >= 11 is 0. The molecule has 0 amide bonds. The van der Waals surface area contributed by atoms with E-state index < -0.39 is 0 Å². The van der Waals surface area contributed by atoms with Crippen LogP contribution in [0.5, 0.6) is 0 Å². The van der Waals surface area contributed by atoms with E-state index in [4.69, 9.17) is 0 Å². The first-order chi connectivity index (χ1) is 9.65. The Hall–Kier alpha value is -1.15. The van der Waals surface area contributed by atoms with E-state index in [0.717, 1.165) is 38.8 Å². The molecule has 0 radical (unpaired) electrons. The van der Waals surface area contributed by atoms with Crippen LogP contribution < -0.4 is 5.32 Å². The fraction of sp³-hybridized carbons (Fsp3) is 0.611. The zero-order valence-electron chi connectivity index (χ0n) is 13.0. The Morgan fingerprint density at radius 2 is 1.80 bits per heavy atom. The van der Waals surface area contributed by atoms with E-state index in [9.17, 15) is 4.79 Å². The highest BCUT2D eigenvalue weighted by molar-refractivity contribution is 5.92. The lowest BCUT2D eigenvalue weighted by Gasteiger charge is -2.40. The first kappa shape index (κ1) is 15.2. The summed E-state index contributed by atoms with van der Waals surface area (Å²) in [4.78, 5) is 13.2. The largest absolute Gasteiger partial charge is 0.317 e. The molecular weight excluding hydrogens is 246 g/mol. The number of hydrogen-bond donors (Lipinski definition) is 1. The van der Waals surface area contributed by atoms with Crippen molar-refractivity contribution < 1.29 is 4.79 Å². The maximum absolute atomic E-state index is 13.2. The van der Waals surface area contributed by atoms with Crippen LogP contribution in [0.25, 0.3) is 0 Å². The molecule has 1 aliphatic heterocycles. The van der Waals surface area contributed by atoms with Crippen molar-refractivity contribution in [1.82, 2.24) is 5.32 Å². The van der Waals surface area contributed by atoms with Gasteiger partial charge in [0.25, 0.3) is 0 Å². The summed E-state index contributed by atoms with van der Waals surface area (Å²) in [5, 5.41) is 3.41. The Balaban J connectivity index is 2.45. The lowest BCUT2D eigenvalue weighted by molar-refractivity contribution is -0.130. The van der Waals surface area contributed by atoms with Crippen LogP contribution in [0.2, 0.25) is 0 Å². The Bertz CT molecular complexity index is 456. The number of hydrogen-bond acceptors (Lipinski definition) is 2. The number of aryl methyl sites for hydroxylation is 1. The molecule has 0 aliphatic carbocycles. The molecule has 2 heteroatoms. The van der Waals surface area contributed by atoms with Crippen LogP contribution in [0.3, 0.4) is 0 Å². The van der Waals surface area contributed by atoms with Gasteiger partial charge in [0.2, 0.25) is 0 Å². The van der Waals surface area contributed by atoms with Gasteiger partial charge in [-0.1, -0.05) is 38.1 Å². The standard InChI is InChI=1S/C18H27NO/c1-4-15(5-2)17(20)18(10-12-19-13-11-18)16-9-7-6-8-14(16)3/h6-9,15,19H,4-5,10-13H2,1-3H3. The minimum atomic E-state index is -0.257. The van der Waals surface area contributed by atoms with Crippen molar-refractivity contribution in [3.8, 4) is 0 Å². The summed E-state index contributed by atoms with van der Waals surface area (Å²) in [7, 11) is 0. The quantitative estimate of drug-likeness (QED) is 0.887. The lowest BCUT2D eigenvalue weighted by Crippen LogP contribution is -2.48. The molecule has 1 aliphatic rings. The minimum Gasteiger partial charge on any atom is -0.317 e. The molecule has 0 saturated carbocycles. The van der Waals surface area contributed by atoms with E-state index in [1.54, 1.807) is 0 Å². The predicted molar refractivity (Wildman–Crippen MR) is 84.0 cm³/mol. The van der Waals surface area contributed by atoms with Gasteiger partial charge in [0.05, 0.1) is 5.41 Å². The second kappa shape index (κ2) is 6.53. The van der Waals surface area contributed by atoms with Gasteiger partial charge in [-0.05, 0) is 56.8 Å². The van der Waals surface area contributed by atoms with Gasteiger partial charge in [-0.3, -0.25) is 4.79 Å². The molecule has 0 spiro atoms. The summed E-state index contributed by atoms with van der Waals surface area (Å²) in [6, 6.07) is 8.45. The first-order valence-electron chi connectivity index (χ1n) is 7.97. The number of rotatable bonds is 5. The molecule has 1 saturated heterocycles. The Labute approximate surface area is 123 Å². The van der Waals surface area contributed by atoms with Gasteiger partial charge >= 0.3 is 0 Å². The summed E-state index contributed by atoms with van der Waals surface area (Å²) < 4.78 is 0. The second-order valence-corrected chi connectivity index (χ2v) is 6.02. The van der Waals surface area contributed by atoms with Gasteiger partial charge < -0.3 is 5.32 Å². The summed E-state index contributed by atoms with van der Waals surface area (Å²) in [5.41, 5.74) is 2.26. The molecule has 0 bridgehead atoms. The third-order valence-electron chi connectivity index (χ3n) is 4.95.